The molecular weight excluding hydrogens is 490 g/mol. The Morgan fingerprint density at radius 3 is 2.05 bits per heavy atom. The topological polar surface area (TPSA) is 224 Å². The number of carboxylic acids is 1. The molecule has 1 amide bonds. The van der Waals surface area contributed by atoms with Crippen LogP contribution in [0.25, 0.3) is 0 Å². The van der Waals surface area contributed by atoms with Gasteiger partial charge in [0.15, 0.2) is 6.29 Å². The summed E-state index contributed by atoms with van der Waals surface area (Å²) >= 11 is 0. The molecule has 0 aromatic carbocycles. The predicted molar refractivity (Wildman–Crippen MR) is 131 cm³/mol. The number of aliphatic hydroxyl groups is 5. The lowest BCUT2D eigenvalue weighted by molar-refractivity contribution is -0.295. The highest BCUT2D eigenvalue weighted by Crippen LogP contribution is 2.30. The third-order valence-corrected chi connectivity index (χ3v) is 6.96. The Morgan fingerprint density at radius 2 is 1.49 bits per heavy atom. The molecule has 1 aliphatic carbocycles. The molecule has 0 spiro atoms. The summed E-state index contributed by atoms with van der Waals surface area (Å²) in [5.41, 5.74) is 5.48. The molecule has 1 saturated carbocycles. The van der Waals surface area contributed by atoms with Crippen molar-refractivity contribution in [1.82, 2.24) is 5.32 Å². The van der Waals surface area contributed by atoms with Crippen LogP contribution in [0.3, 0.4) is 0 Å². The van der Waals surface area contributed by atoms with E-state index in [0.717, 1.165) is 25.7 Å². The standard InChI is InChI=1S/C24H43N3O10/c1-3-4-5-6-7-8-9-10-15(28)26-14-11-13(27-22(25)23(34)35)12(2)36-24(14)37-21-19(32)17(30)16(29)18(31)20(21)33/h12-14,16-21,24,29-33H,3-11H2,1-2H3,(H2,25,27)(H,26,28)(H,34,35)/t12-,13+,14+,16?,17-,18+,19+,20-,21?,24-/m1/s1. The van der Waals surface area contributed by atoms with E-state index in [-0.39, 0.29) is 18.7 Å². The molecule has 2 rings (SSSR count). The van der Waals surface area contributed by atoms with Gasteiger partial charge in [-0.2, -0.15) is 0 Å². The second-order valence-electron chi connectivity index (χ2n) is 9.93. The number of nitrogens with zero attached hydrogens (tertiary/aromatic N) is 1. The maximum Gasteiger partial charge on any atom is 0.370 e. The summed E-state index contributed by atoms with van der Waals surface area (Å²) in [6.45, 7) is 3.74. The number of unbranched alkanes of at least 4 members (excludes halogenated alkanes) is 6. The largest absolute Gasteiger partial charge is 0.475 e. The van der Waals surface area contributed by atoms with Crippen molar-refractivity contribution in [2.45, 2.75) is 133 Å². The first kappa shape index (κ1) is 31.3. The zero-order valence-corrected chi connectivity index (χ0v) is 21.5. The Balaban J connectivity index is 2.09. The molecule has 2 aliphatic rings. The van der Waals surface area contributed by atoms with Gasteiger partial charge in [0.25, 0.3) is 0 Å². The number of aliphatic imine (C=N–C) groups is 1. The molecule has 1 saturated heterocycles. The van der Waals surface area contributed by atoms with Gasteiger partial charge in [-0.25, -0.2) is 4.79 Å². The number of carboxylic acid groups (broad SMARTS) is 1. The van der Waals surface area contributed by atoms with E-state index in [0.29, 0.717) is 6.42 Å². The van der Waals surface area contributed by atoms with Crippen molar-refractivity contribution >= 4 is 17.7 Å². The highest BCUT2D eigenvalue weighted by Gasteiger charge is 2.51. The SMILES string of the molecule is CCCCCCCCCC(=O)N[C@H]1C[C@H](N=C(N)C(=O)O)[C@@H](C)O[C@@H]1OC1[C@@H](O)[C@H](O)C(O)[C@H](O)[C@H]1O. The Morgan fingerprint density at radius 1 is 0.946 bits per heavy atom. The predicted octanol–water partition coefficient (Wildman–Crippen LogP) is -1.24. The monoisotopic (exact) mass is 533 g/mol. The smallest absolute Gasteiger partial charge is 0.370 e. The highest BCUT2D eigenvalue weighted by molar-refractivity contribution is 6.33. The van der Waals surface area contributed by atoms with Crippen LogP contribution in [-0.2, 0) is 19.1 Å². The van der Waals surface area contributed by atoms with E-state index in [1.807, 2.05) is 0 Å². The van der Waals surface area contributed by atoms with Gasteiger partial charge in [0.05, 0.1) is 18.2 Å². The normalized spacial score (nSPS) is 36.8. The van der Waals surface area contributed by atoms with E-state index >= 15 is 0 Å². The molecule has 0 aromatic rings. The Kier molecular flexibility index (Phi) is 12.6. The molecule has 2 fully saturated rings. The number of amides is 1. The second kappa shape index (κ2) is 14.9. The Hall–Kier alpha value is -1.87. The maximum absolute atomic E-state index is 12.7. The van der Waals surface area contributed by atoms with Gasteiger partial charge < -0.3 is 51.2 Å². The van der Waals surface area contributed by atoms with Crippen LogP contribution in [-0.4, -0.2) is 109 Å². The molecule has 13 heteroatoms. The summed E-state index contributed by atoms with van der Waals surface area (Å²) in [4.78, 5) is 27.8. The van der Waals surface area contributed by atoms with Crippen molar-refractivity contribution < 1.29 is 49.7 Å². The van der Waals surface area contributed by atoms with Gasteiger partial charge >= 0.3 is 5.97 Å². The van der Waals surface area contributed by atoms with Gasteiger partial charge in [-0.3, -0.25) is 9.79 Å². The van der Waals surface area contributed by atoms with Gasteiger partial charge in [-0.15, -0.1) is 0 Å². The molecule has 0 aromatic heterocycles. The average Bonchev–Trinajstić information content (AvgIpc) is 2.85. The summed E-state index contributed by atoms with van der Waals surface area (Å²) in [5.74, 6) is -2.31. The molecule has 37 heavy (non-hydrogen) atoms. The van der Waals surface area contributed by atoms with Crippen molar-refractivity contribution in [3.05, 3.63) is 0 Å². The fraction of sp³-hybridized carbons (Fsp3) is 0.875. The molecule has 1 heterocycles. The van der Waals surface area contributed by atoms with Crippen molar-refractivity contribution in [3.8, 4) is 0 Å². The molecule has 1 aliphatic heterocycles. The van der Waals surface area contributed by atoms with E-state index in [1.165, 1.54) is 12.8 Å². The lowest BCUT2D eigenvalue weighted by atomic mass is 9.84. The maximum atomic E-state index is 12.7. The number of nitrogens with one attached hydrogen (secondary N) is 1. The number of hydrogen-bond acceptors (Lipinski definition) is 10. The van der Waals surface area contributed by atoms with Crippen LogP contribution in [0.4, 0.5) is 0 Å². The van der Waals surface area contributed by atoms with Gasteiger partial charge in [0.1, 0.15) is 36.6 Å². The van der Waals surface area contributed by atoms with Crippen LogP contribution < -0.4 is 11.1 Å². The third kappa shape index (κ3) is 8.84. The minimum atomic E-state index is -1.79. The van der Waals surface area contributed by atoms with E-state index in [1.54, 1.807) is 6.92 Å². The van der Waals surface area contributed by atoms with Gasteiger partial charge in [0.2, 0.25) is 11.7 Å². The summed E-state index contributed by atoms with van der Waals surface area (Å²) < 4.78 is 11.6. The van der Waals surface area contributed by atoms with Crippen molar-refractivity contribution in [3.63, 3.8) is 0 Å². The number of amidine groups is 1. The average molecular weight is 534 g/mol. The first-order chi connectivity index (χ1) is 17.5. The summed E-state index contributed by atoms with van der Waals surface area (Å²) in [7, 11) is 0. The van der Waals surface area contributed by atoms with Crippen LogP contribution in [0.15, 0.2) is 4.99 Å². The van der Waals surface area contributed by atoms with E-state index in [9.17, 15) is 35.1 Å². The number of hydrogen-bond donors (Lipinski definition) is 8. The lowest BCUT2D eigenvalue weighted by Gasteiger charge is -2.45. The number of carbonyl (C=O) groups excluding carboxylic acids is 1. The molecule has 2 unspecified atom stereocenters. The minimum absolute atomic E-state index is 0.0786. The first-order valence-corrected chi connectivity index (χ1v) is 13.0. The molecule has 0 radical (unpaired) electrons. The van der Waals surface area contributed by atoms with E-state index in [2.05, 4.69) is 17.2 Å². The molecule has 10 atom stereocenters. The Bertz CT molecular complexity index is 753. The second-order valence-corrected chi connectivity index (χ2v) is 9.93. The number of aliphatic hydroxyl groups excluding tert-OH is 5. The number of carbonyl (C=O) groups is 2. The van der Waals surface area contributed by atoms with Crippen LogP contribution in [0.1, 0.15) is 71.6 Å². The zero-order valence-electron chi connectivity index (χ0n) is 21.5. The van der Waals surface area contributed by atoms with Gasteiger partial charge in [-0.05, 0) is 19.8 Å². The quantitative estimate of drug-likeness (QED) is 0.0841. The molecule has 214 valence electrons. The first-order valence-electron chi connectivity index (χ1n) is 13.0. The third-order valence-electron chi connectivity index (χ3n) is 6.96. The van der Waals surface area contributed by atoms with Gasteiger partial charge in [0, 0.05) is 6.42 Å². The number of rotatable bonds is 12. The van der Waals surface area contributed by atoms with Crippen LogP contribution >= 0.6 is 0 Å². The number of nitrogens with two attached hydrogens (primary N) is 1. The summed E-state index contributed by atoms with van der Waals surface area (Å²) in [5, 5.41) is 62.5. The van der Waals surface area contributed by atoms with Crippen LogP contribution in [0.5, 0.6) is 0 Å². The lowest BCUT2D eigenvalue weighted by Crippen LogP contribution is -2.66. The minimum Gasteiger partial charge on any atom is -0.475 e. The highest BCUT2D eigenvalue weighted by atomic mass is 16.7. The summed E-state index contributed by atoms with van der Waals surface area (Å²) in [6, 6.07) is -1.61. The van der Waals surface area contributed by atoms with Crippen LogP contribution in [0, 0.1) is 0 Å². The fourth-order valence-corrected chi connectivity index (χ4v) is 4.64. The molecule has 13 nitrogen and oxygen atoms in total. The van der Waals surface area contributed by atoms with Crippen molar-refractivity contribution in [2.24, 2.45) is 10.7 Å². The van der Waals surface area contributed by atoms with Crippen molar-refractivity contribution in [2.75, 3.05) is 0 Å². The van der Waals surface area contributed by atoms with E-state index < -0.39 is 72.9 Å². The Labute approximate surface area is 216 Å². The molecular formula is C24H43N3O10. The zero-order chi connectivity index (χ0) is 27.7. The number of ether oxygens (including phenoxy) is 2. The van der Waals surface area contributed by atoms with Gasteiger partial charge in [-0.1, -0.05) is 45.4 Å². The van der Waals surface area contributed by atoms with Crippen molar-refractivity contribution in [1.29, 1.82) is 0 Å². The van der Waals surface area contributed by atoms with E-state index in [4.69, 9.17) is 20.3 Å². The molecule has 9 N–H and O–H groups in total. The summed E-state index contributed by atoms with van der Waals surface area (Å²) in [6.07, 6.45) is -4.83. The molecule has 0 bridgehead atoms. The van der Waals surface area contributed by atoms with Crippen LogP contribution in [0.2, 0.25) is 0 Å². The number of aliphatic carboxylic acids is 1. The fourth-order valence-electron chi connectivity index (χ4n) is 4.64.